The summed E-state index contributed by atoms with van der Waals surface area (Å²) in [5.74, 6) is -0.136. The number of pyridine rings is 1. The van der Waals surface area contributed by atoms with Gasteiger partial charge in [-0.2, -0.15) is 0 Å². The van der Waals surface area contributed by atoms with Gasteiger partial charge in [0.25, 0.3) is 5.91 Å². The number of amides is 1. The zero-order valence-corrected chi connectivity index (χ0v) is 12.4. The van der Waals surface area contributed by atoms with Gasteiger partial charge in [0.2, 0.25) is 0 Å². The molecule has 106 valence electrons. The molecule has 0 bridgehead atoms. The van der Waals surface area contributed by atoms with Gasteiger partial charge < -0.3 is 5.32 Å². The maximum Gasteiger partial charge on any atom is 0.255 e. The molecule has 1 aromatic carbocycles. The fourth-order valence-corrected chi connectivity index (χ4v) is 3.25. The first-order valence-corrected chi connectivity index (χ1v) is 7.61. The Balaban J connectivity index is 1.74. The molecule has 0 spiro atoms. The quantitative estimate of drug-likeness (QED) is 0.732. The molecule has 4 rings (SSSR count). The summed E-state index contributed by atoms with van der Waals surface area (Å²) in [6.45, 7) is 3.83. The zero-order valence-electron chi connectivity index (χ0n) is 11.5. The van der Waals surface area contributed by atoms with Crippen LogP contribution < -0.4 is 5.32 Å². The first-order valence-electron chi connectivity index (χ1n) is 6.73. The molecule has 22 heavy (non-hydrogen) atoms. The van der Waals surface area contributed by atoms with E-state index in [9.17, 15) is 4.79 Å². The molecule has 2 aromatic heterocycles. The first-order chi connectivity index (χ1) is 10.7. The molecule has 0 unspecified atom stereocenters. The highest BCUT2D eigenvalue weighted by molar-refractivity contribution is 7.13. The summed E-state index contributed by atoms with van der Waals surface area (Å²) in [4.78, 5) is 20.3. The topological polar surface area (TPSA) is 54.9 Å². The fraction of sp³-hybridized carbons (Fsp3) is 0. The molecular weight excluding hydrogens is 294 g/mol. The van der Waals surface area contributed by atoms with Crippen LogP contribution in [-0.4, -0.2) is 15.9 Å². The summed E-state index contributed by atoms with van der Waals surface area (Å²) in [6.07, 6.45) is 3.51. The van der Waals surface area contributed by atoms with E-state index < -0.39 is 0 Å². The van der Waals surface area contributed by atoms with E-state index in [-0.39, 0.29) is 5.91 Å². The highest BCUT2D eigenvalue weighted by atomic mass is 32.1. The minimum Gasteiger partial charge on any atom is -0.321 e. The lowest BCUT2D eigenvalue weighted by Gasteiger charge is -2.01. The maximum atomic E-state index is 11.6. The zero-order chi connectivity index (χ0) is 15.1. The Hall–Kier alpha value is -2.79. The van der Waals surface area contributed by atoms with Gasteiger partial charge in [0.05, 0.1) is 5.69 Å². The molecule has 0 radical (unpaired) electrons. The number of nitrogens with zero attached hydrogens (tertiary/aromatic N) is 2. The smallest absolute Gasteiger partial charge is 0.255 e. The number of anilines is 1. The molecule has 1 aliphatic heterocycles. The van der Waals surface area contributed by atoms with Crippen molar-refractivity contribution < 1.29 is 4.79 Å². The van der Waals surface area contributed by atoms with Gasteiger partial charge in [0.1, 0.15) is 5.01 Å². The Bertz CT molecular complexity index is 899. The van der Waals surface area contributed by atoms with Crippen molar-refractivity contribution in [2.75, 3.05) is 5.32 Å². The van der Waals surface area contributed by atoms with Crippen molar-refractivity contribution in [2.24, 2.45) is 0 Å². The lowest BCUT2D eigenvalue weighted by Crippen LogP contribution is -2.02. The average Bonchev–Trinajstić information content (AvgIpc) is 3.14. The number of benzene rings is 1. The van der Waals surface area contributed by atoms with Crippen LogP contribution in [0.3, 0.4) is 0 Å². The van der Waals surface area contributed by atoms with Crippen LogP contribution in [0.2, 0.25) is 0 Å². The van der Waals surface area contributed by atoms with Gasteiger partial charge in [0, 0.05) is 45.7 Å². The molecule has 1 aliphatic rings. The number of hydrogen-bond acceptors (Lipinski definition) is 4. The van der Waals surface area contributed by atoms with E-state index in [2.05, 4.69) is 21.9 Å². The Morgan fingerprint density at radius 2 is 1.91 bits per heavy atom. The van der Waals surface area contributed by atoms with Gasteiger partial charge in [-0.25, -0.2) is 4.98 Å². The minimum absolute atomic E-state index is 0.136. The third kappa shape index (κ3) is 2.03. The SMILES string of the molecule is C=C1C(=O)Nc2ccc(-c3csc(-c4ccncc4)n3)cc21. The van der Waals surface area contributed by atoms with Crippen LogP contribution in [-0.2, 0) is 4.79 Å². The van der Waals surface area contributed by atoms with Gasteiger partial charge in [-0.05, 0) is 24.3 Å². The van der Waals surface area contributed by atoms with Gasteiger partial charge >= 0.3 is 0 Å². The normalized spacial score (nSPS) is 13.1. The minimum atomic E-state index is -0.136. The van der Waals surface area contributed by atoms with Crippen LogP contribution in [0.15, 0.2) is 54.7 Å². The highest BCUT2D eigenvalue weighted by Crippen LogP contribution is 2.35. The number of thiazole rings is 1. The Morgan fingerprint density at radius 1 is 1.09 bits per heavy atom. The summed E-state index contributed by atoms with van der Waals surface area (Å²) in [7, 11) is 0. The number of carbonyl (C=O) groups is 1. The van der Waals surface area contributed by atoms with E-state index in [0.717, 1.165) is 33.1 Å². The largest absolute Gasteiger partial charge is 0.321 e. The van der Waals surface area contributed by atoms with Crippen LogP contribution in [0.25, 0.3) is 27.4 Å². The number of rotatable bonds is 2. The molecule has 4 nitrogen and oxygen atoms in total. The molecular formula is C17H11N3OS. The standard InChI is InChI=1S/C17H11N3OS/c1-10-13-8-12(2-3-14(13)19-16(10)21)15-9-22-17(20-15)11-4-6-18-7-5-11/h2-9H,1H2,(H,19,21). The number of carbonyl (C=O) groups excluding carboxylic acids is 1. The van der Waals surface area contributed by atoms with Crippen molar-refractivity contribution in [1.82, 2.24) is 9.97 Å². The predicted molar refractivity (Wildman–Crippen MR) is 88.4 cm³/mol. The van der Waals surface area contributed by atoms with Crippen molar-refractivity contribution in [3.8, 4) is 21.8 Å². The Morgan fingerprint density at radius 3 is 2.73 bits per heavy atom. The molecule has 5 heteroatoms. The number of nitrogens with one attached hydrogen (secondary N) is 1. The molecule has 3 aromatic rings. The van der Waals surface area contributed by atoms with Gasteiger partial charge in [-0.15, -0.1) is 11.3 Å². The van der Waals surface area contributed by atoms with Crippen molar-refractivity contribution in [1.29, 1.82) is 0 Å². The molecule has 0 saturated heterocycles. The fourth-order valence-electron chi connectivity index (χ4n) is 2.42. The summed E-state index contributed by atoms with van der Waals surface area (Å²) in [6, 6.07) is 9.70. The van der Waals surface area contributed by atoms with Crippen LogP contribution in [0.5, 0.6) is 0 Å². The van der Waals surface area contributed by atoms with E-state index in [1.165, 1.54) is 0 Å². The lowest BCUT2D eigenvalue weighted by molar-refractivity contribution is -0.110. The summed E-state index contributed by atoms with van der Waals surface area (Å²) in [5.41, 5.74) is 5.08. The highest BCUT2D eigenvalue weighted by Gasteiger charge is 2.22. The third-order valence-corrected chi connectivity index (χ3v) is 4.49. The molecule has 0 aliphatic carbocycles. The van der Waals surface area contributed by atoms with E-state index in [0.29, 0.717) is 5.57 Å². The second kappa shape index (κ2) is 4.89. The first kappa shape index (κ1) is 12.9. The molecule has 1 amide bonds. The van der Waals surface area contributed by atoms with E-state index >= 15 is 0 Å². The van der Waals surface area contributed by atoms with Crippen molar-refractivity contribution in [3.05, 3.63) is 60.2 Å². The average molecular weight is 305 g/mol. The van der Waals surface area contributed by atoms with Crippen LogP contribution >= 0.6 is 11.3 Å². The molecule has 1 N–H and O–H groups in total. The number of aromatic nitrogens is 2. The van der Waals surface area contributed by atoms with Crippen LogP contribution in [0.1, 0.15) is 5.56 Å². The third-order valence-electron chi connectivity index (χ3n) is 3.59. The van der Waals surface area contributed by atoms with Gasteiger partial charge in [-0.3, -0.25) is 9.78 Å². The number of hydrogen-bond donors (Lipinski definition) is 1. The second-order valence-corrected chi connectivity index (χ2v) is 5.82. The monoisotopic (exact) mass is 305 g/mol. The summed E-state index contributed by atoms with van der Waals surface area (Å²) < 4.78 is 0. The second-order valence-electron chi connectivity index (χ2n) is 4.97. The molecule has 0 atom stereocenters. The summed E-state index contributed by atoms with van der Waals surface area (Å²) >= 11 is 1.59. The van der Waals surface area contributed by atoms with Gasteiger partial charge in [-0.1, -0.05) is 12.6 Å². The Kier molecular flexibility index (Phi) is 2.87. The van der Waals surface area contributed by atoms with Gasteiger partial charge in [0.15, 0.2) is 0 Å². The maximum absolute atomic E-state index is 11.6. The van der Waals surface area contributed by atoms with Crippen molar-refractivity contribution in [3.63, 3.8) is 0 Å². The lowest BCUT2D eigenvalue weighted by atomic mass is 10.0. The van der Waals surface area contributed by atoms with Crippen molar-refractivity contribution in [2.45, 2.75) is 0 Å². The predicted octanol–water partition coefficient (Wildman–Crippen LogP) is 3.84. The van der Waals surface area contributed by atoms with Crippen LogP contribution in [0, 0.1) is 0 Å². The van der Waals surface area contributed by atoms with E-state index in [1.807, 2.05) is 35.7 Å². The molecule has 3 heterocycles. The summed E-state index contributed by atoms with van der Waals surface area (Å²) in [5, 5.41) is 5.76. The molecule has 0 saturated carbocycles. The van der Waals surface area contributed by atoms with E-state index in [1.54, 1.807) is 23.7 Å². The number of fused-ring (bicyclic) bond motifs is 1. The van der Waals surface area contributed by atoms with Crippen molar-refractivity contribution >= 4 is 28.5 Å². The Labute approximate surface area is 131 Å². The van der Waals surface area contributed by atoms with E-state index in [4.69, 9.17) is 0 Å². The van der Waals surface area contributed by atoms with Crippen LogP contribution in [0.4, 0.5) is 5.69 Å². The molecule has 0 fully saturated rings.